The number of para-hydroxylation sites is 1. The first kappa shape index (κ1) is 30.3. The van der Waals surface area contributed by atoms with Crippen LogP contribution in [0.2, 0.25) is 0 Å². The van der Waals surface area contributed by atoms with Gasteiger partial charge in [-0.1, -0.05) is 36.4 Å². The molecule has 45 heavy (non-hydrogen) atoms. The van der Waals surface area contributed by atoms with Crippen molar-refractivity contribution < 1.29 is 19.1 Å². The molecule has 0 spiro atoms. The Kier molecular flexibility index (Phi) is 9.71. The lowest BCUT2D eigenvalue weighted by Gasteiger charge is -2.27. The van der Waals surface area contributed by atoms with Crippen LogP contribution in [-0.4, -0.2) is 91.0 Å². The number of likely N-dealkylation sites (tertiary alicyclic amines) is 1. The Balaban J connectivity index is 1.26. The van der Waals surface area contributed by atoms with E-state index in [4.69, 9.17) is 9.47 Å². The van der Waals surface area contributed by atoms with E-state index in [-0.39, 0.29) is 11.8 Å². The van der Waals surface area contributed by atoms with Gasteiger partial charge in [-0.2, -0.15) is 0 Å². The number of fused-ring (bicyclic) bond motifs is 3. The van der Waals surface area contributed by atoms with Crippen LogP contribution in [0.4, 0.5) is 0 Å². The summed E-state index contributed by atoms with van der Waals surface area (Å²) in [6.45, 7) is 4.98. The summed E-state index contributed by atoms with van der Waals surface area (Å²) >= 11 is 0. The molecule has 2 aliphatic heterocycles. The second kappa shape index (κ2) is 14.4. The number of hydrogen-bond acceptors (Lipinski definition) is 6. The van der Waals surface area contributed by atoms with Gasteiger partial charge in [-0.05, 0) is 85.1 Å². The highest BCUT2D eigenvalue weighted by molar-refractivity contribution is 5.97. The molecular formula is C37H40N4O4. The molecule has 0 N–H and O–H groups in total. The van der Waals surface area contributed by atoms with Gasteiger partial charge in [0.1, 0.15) is 24.7 Å². The van der Waals surface area contributed by atoms with Crippen molar-refractivity contribution in [2.45, 2.75) is 19.3 Å². The lowest BCUT2D eigenvalue weighted by Crippen LogP contribution is -2.41. The Morgan fingerprint density at radius 1 is 0.867 bits per heavy atom. The second-order valence-electron chi connectivity index (χ2n) is 11.7. The van der Waals surface area contributed by atoms with Crippen LogP contribution in [0.3, 0.4) is 0 Å². The molecule has 4 aromatic rings. The lowest BCUT2D eigenvalue weighted by molar-refractivity contribution is 0.0665. The maximum atomic E-state index is 14.0. The zero-order chi connectivity index (χ0) is 31.0. The number of carbonyl (C=O) groups excluding carboxylic acids is 2. The Hall–Kier alpha value is -4.69. The van der Waals surface area contributed by atoms with Crippen LogP contribution < -0.4 is 9.47 Å². The third-order valence-electron chi connectivity index (χ3n) is 8.56. The van der Waals surface area contributed by atoms with Crippen LogP contribution in [0.15, 0.2) is 91.3 Å². The van der Waals surface area contributed by atoms with Crippen molar-refractivity contribution in [1.82, 2.24) is 19.7 Å². The minimum absolute atomic E-state index is 0.0764. The van der Waals surface area contributed by atoms with E-state index in [1.54, 1.807) is 23.0 Å². The average molecular weight is 605 g/mol. The predicted octanol–water partition coefficient (Wildman–Crippen LogP) is 5.42. The highest BCUT2D eigenvalue weighted by Gasteiger charge is 2.23. The number of hydrogen-bond donors (Lipinski definition) is 0. The highest BCUT2D eigenvalue weighted by Crippen LogP contribution is 2.29. The Morgan fingerprint density at radius 3 is 2.56 bits per heavy atom. The predicted molar refractivity (Wildman–Crippen MR) is 175 cm³/mol. The van der Waals surface area contributed by atoms with Crippen molar-refractivity contribution in [2.24, 2.45) is 0 Å². The Labute approximate surface area is 265 Å². The third-order valence-corrected chi connectivity index (χ3v) is 8.56. The Bertz CT molecular complexity index is 1620. The number of amides is 2. The van der Waals surface area contributed by atoms with Crippen molar-refractivity contribution >= 4 is 11.8 Å². The van der Waals surface area contributed by atoms with Crippen molar-refractivity contribution in [3.8, 4) is 22.6 Å². The van der Waals surface area contributed by atoms with Crippen LogP contribution in [0, 0.1) is 0 Å². The van der Waals surface area contributed by atoms with Gasteiger partial charge in [0.15, 0.2) is 0 Å². The van der Waals surface area contributed by atoms with Crippen molar-refractivity contribution in [2.75, 3.05) is 59.5 Å². The number of rotatable bonds is 6. The number of likely N-dealkylation sites (N-methyl/N-ethyl adjacent to an activating group) is 1. The highest BCUT2D eigenvalue weighted by atomic mass is 16.5. The molecule has 8 nitrogen and oxygen atoms in total. The fourth-order valence-electron chi connectivity index (χ4n) is 6.01. The number of benzene rings is 3. The molecule has 1 fully saturated rings. The van der Waals surface area contributed by atoms with E-state index >= 15 is 0 Å². The van der Waals surface area contributed by atoms with E-state index < -0.39 is 0 Å². The normalized spacial score (nSPS) is 16.1. The van der Waals surface area contributed by atoms with Gasteiger partial charge >= 0.3 is 0 Å². The first-order chi connectivity index (χ1) is 22.0. The number of pyridine rings is 1. The van der Waals surface area contributed by atoms with E-state index in [1.165, 1.54) is 12.8 Å². The molecule has 0 radical (unpaired) electrons. The van der Waals surface area contributed by atoms with E-state index in [1.807, 2.05) is 79.0 Å². The van der Waals surface area contributed by atoms with E-state index in [9.17, 15) is 9.59 Å². The van der Waals surface area contributed by atoms with Crippen molar-refractivity contribution in [3.63, 3.8) is 0 Å². The molecule has 232 valence electrons. The number of nitrogens with zero attached hydrogens (tertiary/aromatic N) is 4. The first-order valence-electron chi connectivity index (χ1n) is 15.8. The minimum atomic E-state index is -0.141. The van der Waals surface area contributed by atoms with Crippen LogP contribution >= 0.6 is 0 Å². The third kappa shape index (κ3) is 7.52. The van der Waals surface area contributed by atoms with Gasteiger partial charge in [-0.3, -0.25) is 19.5 Å². The van der Waals surface area contributed by atoms with E-state index in [0.717, 1.165) is 47.6 Å². The molecule has 0 unspecified atom stereocenters. The molecule has 3 aromatic carbocycles. The van der Waals surface area contributed by atoms with Crippen molar-refractivity contribution in [1.29, 1.82) is 0 Å². The monoisotopic (exact) mass is 604 g/mol. The van der Waals surface area contributed by atoms with Gasteiger partial charge in [0.25, 0.3) is 11.8 Å². The molecule has 1 saturated heterocycles. The Morgan fingerprint density at radius 2 is 1.71 bits per heavy atom. The van der Waals surface area contributed by atoms with Crippen LogP contribution in [0.1, 0.15) is 44.7 Å². The van der Waals surface area contributed by atoms with Crippen LogP contribution in [0.25, 0.3) is 11.1 Å². The smallest absolute Gasteiger partial charge is 0.257 e. The second-order valence-corrected chi connectivity index (χ2v) is 11.7. The molecule has 0 aliphatic carbocycles. The summed E-state index contributed by atoms with van der Waals surface area (Å²) in [5.74, 6) is 1.12. The van der Waals surface area contributed by atoms with Gasteiger partial charge < -0.3 is 19.3 Å². The standard InChI is InChI=1S/C37H40N4O4/c1-39-18-19-41(37(43)33-11-2-3-12-35(33)45-22-20-40-16-4-5-17-40)21-23-44-34-14-13-29(31-10-7-15-38-27-31)26-32(34)25-28-8-6-9-30(24-28)36(39)42/h2-3,6-15,24,26-27H,4-5,16-23,25H2,1H3. The summed E-state index contributed by atoms with van der Waals surface area (Å²) in [6, 6.07) is 25.3. The van der Waals surface area contributed by atoms with Crippen LogP contribution in [-0.2, 0) is 6.42 Å². The summed E-state index contributed by atoms with van der Waals surface area (Å²) in [5, 5.41) is 0. The molecule has 1 aromatic heterocycles. The molecule has 6 rings (SSSR count). The molecular weight excluding hydrogens is 564 g/mol. The van der Waals surface area contributed by atoms with Gasteiger partial charge in [-0.25, -0.2) is 0 Å². The maximum Gasteiger partial charge on any atom is 0.257 e. The fourth-order valence-corrected chi connectivity index (χ4v) is 6.01. The van der Waals surface area contributed by atoms with Crippen LogP contribution in [0.5, 0.6) is 11.5 Å². The van der Waals surface area contributed by atoms with Gasteiger partial charge in [-0.15, -0.1) is 0 Å². The van der Waals surface area contributed by atoms with Crippen molar-refractivity contribution in [3.05, 3.63) is 114 Å². The number of carbonyl (C=O) groups is 2. The summed E-state index contributed by atoms with van der Waals surface area (Å²) < 4.78 is 12.5. The molecule has 8 heteroatoms. The zero-order valence-electron chi connectivity index (χ0n) is 25.9. The molecule has 3 heterocycles. The van der Waals surface area contributed by atoms with Gasteiger partial charge in [0, 0.05) is 56.6 Å². The molecule has 2 bridgehead atoms. The molecule has 0 saturated carbocycles. The maximum absolute atomic E-state index is 14.0. The fraction of sp³-hybridized carbons (Fsp3) is 0.324. The van der Waals surface area contributed by atoms with Gasteiger partial charge in [0.2, 0.25) is 0 Å². The molecule has 0 atom stereocenters. The largest absolute Gasteiger partial charge is 0.491 e. The summed E-state index contributed by atoms with van der Waals surface area (Å²) in [6.07, 6.45) is 6.66. The summed E-state index contributed by atoms with van der Waals surface area (Å²) in [4.78, 5) is 37.6. The van der Waals surface area contributed by atoms with Gasteiger partial charge in [0.05, 0.1) is 12.1 Å². The SMILES string of the molecule is CN1CCN(C(=O)c2ccccc2OCCN2CCCC2)CCOc2ccc(-c3cccnc3)cc2Cc2cccc(c2)C1=O. The topological polar surface area (TPSA) is 75.2 Å². The summed E-state index contributed by atoms with van der Waals surface area (Å²) in [7, 11) is 1.78. The first-order valence-corrected chi connectivity index (χ1v) is 15.8. The zero-order valence-corrected chi connectivity index (χ0v) is 25.9. The quantitative estimate of drug-likeness (QED) is 0.293. The average Bonchev–Trinajstić information content (AvgIpc) is 3.60. The van der Waals surface area contributed by atoms with E-state index in [0.29, 0.717) is 56.1 Å². The summed E-state index contributed by atoms with van der Waals surface area (Å²) in [5.41, 5.74) is 5.22. The minimum Gasteiger partial charge on any atom is -0.491 e. The molecule has 2 amide bonds. The van der Waals surface area contributed by atoms with E-state index in [2.05, 4.69) is 16.0 Å². The molecule has 2 aliphatic rings. The number of ether oxygens (including phenoxy) is 2. The number of aromatic nitrogens is 1. The lowest BCUT2D eigenvalue weighted by atomic mass is 9.98.